The van der Waals surface area contributed by atoms with E-state index in [0.29, 0.717) is 46.5 Å². The maximum Gasteiger partial charge on any atom is 0.222 e. The van der Waals surface area contributed by atoms with E-state index >= 15 is 0 Å². The lowest BCUT2D eigenvalue weighted by molar-refractivity contribution is -0.161. The Balaban J connectivity index is 1.15. The van der Waals surface area contributed by atoms with E-state index in [-0.39, 0.29) is 0 Å². The highest BCUT2D eigenvalue weighted by atomic mass is 16.5. The van der Waals surface area contributed by atoms with Crippen molar-refractivity contribution in [3.05, 3.63) is 0 Å². The van der Waals surface area contributed by atoms with Gasteiger partial charge in [0.05, 0.1) is 11.7 Å². The Hall–Kier alpha value is -0.610. The van der Waals surface area contributed by atoms with Crippen LogP contribution in [-0.2, 0) is 9.53 Å². The number of amides is 1. The molecule has 6 fully saturated rings. The van der Waals surface area contributed by atoms with Gasteiger partial charge in [0.1, 0.15) is 0 Å². The SMILES string of the molecule is CCC1(O)CCN(C(=O)CC(C)[C@H]2CC[C@H]3[C@@H]4CC(OC)[C@]56C[C@H]5CC[C@]6(C)[C@H]4CC[C@]23C)CC1. The van der Waals surface area contributed by atoms with Crippen LogP contribution >= 0.6 is 0 Å². The highest BCUT2D eigenvalue weighted by Gasteiger charge is 2.77. The third kappa shape index (κ3) is 3.33. The first-order valence-corrected chi connectivity index (χ1v) is 15.1. The van der Waals surface area contributed by atoms with Crippen LogP contribution in [0.4, 0.5) is 0 Å². The van der Waals surface area contributed by atoms with E-state index in [0.717, 1.165) is 56.0 Å². The predicted molar refractivity (Wildman–Crippen MR) is 139 cm³/mol. The quantitative estimate of drug-likeness (QED) is 0.515. The second-order valence-electron chi connectivity index (χ2n) is 14.6. The maximum atomic E-state index is 13.3. The fourth-order valence-corrected chi connectivity index (χ4v) is 11.6. The predicted octanol–water partition coefficient (Wildman–Crippen LogP) is 6.06. The second kappa shape index (κ2) is 8.19. The van der Waals surface area contributed by atoms with Crippen LogP contribution in [0, 0.1) is 51.8 Å². The summed E-state index contributed by atoms with van der Waals surface area (Å²) in [6.07, 6.45) is 14.4. The monoisotopic (exact) mass is 485 g/mol. The van der Waals surface area contributed by atoms with E-state index in [1.807, 2.05) is 12.0 Å². The topological polar surface area (TPSA) is 49.8 Å². The van der Waals surface area contributed by atoms with E-state index in [2.05, 4.69) is 27.7 Å². The first-order chi connectivity index (χ1) is 16.6. The summed E-state index contributed by atoms with van der Waals surface area (Å²) in [6.45, 7) is 11.2. The van der Waals surface area contributed by atoms with Crippen molar-refractivity contribution < 1.29 is 14.6 Å². The number of hydrogen-bond acceptors (Lipinski definition) is 3. The molecule has 198 valence electrons. The smallest absolute Gasteiger partial charge is 0.222 e. The van der Waals surface area contributed by atoms with Crippen molar-refractivity contribution in [1.82, 2.24) is 4.90 Å². The Morgan fingerprint density at radius 3 is 2.46 bits per heavy atom. The first kappa shape index (κ1) is 24.7. The van der Waals surface area contributed by atoms with Gasteiger partial charge in [-0.15, -0.1) is 0 Å². The fourth-order valence-electron chi connectivity index (χ4n) is 11.6. The Morgan fingerprint density at radius 1 is 1.06 bits per heavy atom. The molecule has 1 aliphatic heterocycles. The lowest BCUT2D eigenvalue weighted by Gasteiger charge is -2.61. The lowest BCUT2D eigenvalue weighted by atomic mass is 9.45. The van der Waals surface area contributed by atoms with Crippen LogP contribution in [0.15, 0.2) is 0 Å². The number of piperidine rings is 1. The number of ether oxygens (including phenoxy) is 1. The van der Waals surface area contributed by atoms with Gasteiger partial charge >= 0.3 is 0 Å². The minimum atomic E-state index is -0.553. The maximum absolute atomic E-state index is 13.3. The van der Waals surface area contributed by atoms with Gasteiger partial charge in [-0.2, -0.15) is 0 Å². The number of fused-ring (bicyclic) bond motifs is 4. The molecule has 0 aromatic rings. The van der Waals surface area contributed by atoms with Gasteiger partial charge in [0.2, 0.25) is 5.91 Å². The van der Waals surface area contributed by atoms with E-state index < -0.39 is 5.60 Å². The zero-order chi connectivity index (χ0) is 24.8. The van der Waals surface area contributed by atoms with Crippen molar-refractivity contribution in [3.63, 3.8) is 0 Å². The third-order valence-electron chi connectivity index (χ3n) is 13.8. The number of likely N-dealkylation sites (tertiary alicyclic amines) is 1. The number of carbonyl (C=O) groups excluding carboxylic acids is 1. The molecule has 1 N–H and O–H groups in total. The molecule has 0 bridgehead atoms. The molecule has 10 atom stereocenters. The van der Waals surface area contributed by atoms with Crippen molar-refractivity contribution in [1.29, 1.82) is 0 Å². The Labute approximate surface area is 213 Å². The molecule has 5 saturated carbocycles. The molecule has 1 amide bonds. The normalized spacial score (nSPS) is 50.6. The van der Waals surface area contributed by atoms with Gasteiger partial charge in [-0.05, 0) is 117 Å². The average molecular weight is 486 g/mol. The van der Waals surface area contributed by atoms with Crippen LogP contribution < -0.4 is 0 Å². The molecule has 5 aliphatic carbocycles. The fraction of sp³-hybridized carbons (Fsp3) is 0.968. The summed E-state index contributed by atoms with van der Waals surface area (Å²) in [5.74, 6) is 4.89. The highest BCUT2D eigenvalue weighted by molar-refractivity contribution is 5.76. The minimum Gasteiger partial charge on any atom is -0.390 e. The van der Waals surface area contributed by atoms with Crippen LogP contribution in [-0.4, -0.2) is 47.8 Å². The molecule has 0 radical (unpaired) electrons. The number of carbonyl (C=O) groups is 1. The molecule has 0 aromatic carbocycles. The van der Waals surface area contributed by atoms with E-state index in [1.165, 1.54) is 51.4 Å². The van der Waals surface area contributed by atoms with Crippen molar-refractivity contribution in [2.45, 2.75) is 116 Å². The molecule has 1 saturated heterocycles. The molecular formula is C31H51NO3. The molecule has 4 heteroatoms. The number of rotatable bonds is 5. The minimum absolute atomic E-state index is 0.327. The average Bonchev–Trinajstić information content (AvgIpc) is 3.35. The Bertz CT molecular complexity index is 850. The Morgan fingerprint density at radius 2 is 1.80 bits per heavy atom. The molecule has 6 rings (SSSR count). The summed E-state index contributed by atoms with van der Waals surface area (Å²) in [7, 11) is 1.99. The van der Waals surface area contributed by atoms with Crippen molar-refractivity contribution in [2.75, 3.05) is 20.2 Å². The van der Waals surface area contributed by atoms with Crippen LogP contribution in [0.5, 0.6) is 0 Å². The van der Waals surface area contributed by atoms with Crippen LogP contribution in [0.3, 0.4) is 0 Å². The molecule has 2 unspecified atom stereocenters. The van der Waals surface area contributed by atoms with Gasteiger partial charge < -0.3 is 14.7 Å². The third-order valence-corrected chi connectivity index (χ3v) is 13.8. The first-order valence-electron chi connectivity index (χ1n) is 15.1. The van der Waals surface area contributed by atoms with Gasteiger partial charge in [-0.1, -0.05) is 27.7 Å². The van der Waals surface area contributed by atoms with E-state index in [1.54, 1.807) is 0 Å². The van der Waals surface area contributed by atoms with Crippen molar-refractivity contribution >= 4 is 5.91 Å². The molecule has 1 spiro atoms. The van der Waals surface area contributed by atoms with Crippen molar-refractivity contribution in [2.24, 2.45) is 51.8 Å². The largest absolute Gasteiger partial charge is 0.390 e. The molecule has 0 aromatic heterocycles. The second-order valence-corrected chi connectivity index (χ2v) is 14.6. The highest BCUT2D eigenvalue weighted by Crippen LogP contribution is 2.82. The molecular weight excluding hydrogens is 434 g/mol. The van der Waals surface area contributed by atoms with Gasteiger partial charge in [-0.25, -0.2) is 0 Å². The van der Waals surface area contributed by atoms with Gasteiger partial charge in [-0.3, -0.25) is 4.79 Å². The summed E-state index contributed by atoms with van der Waals surface area (Å²) in [6, 6.07) is 0. The summed E-state index contributed by atoms with van der Waals surface area (Å²) < 4.78 is 6.29. The summed E-state index contributed by atoms with van der Waals surface area (Å²) in [5.41, 5.74) is 0.831. The molecule has 4 nitrogen and oxygen atoms in total. The van der Waals surface area contributed by atoms with E-state index in [9.17, 15) is 9.90 Å². The number of hydrogen-bond donors (Lipinski definition) is 1. The van der Waals surface area contributed by atoms with Crippen LogP contribution in [0.2, 0.25) is 0 Å². The van der Waals surface area contributed by atoms with Gasteiger partial charge in [0, 0.05) is 32.0 Å². The van der Waals surface area contributed by atoms with Crippen molar-refractivity contribution in [3.8, 4) is 0 Å². The lowest BCUT2D eigenvalue weighted by Crippen LogP contribution is -2.57. The number of aliphatic hydroxyl groups is 1. The zero-order valence-corrected chi connectivity index (χ0v) is 23.2. The summed E-state index contributed by atoms with van der Waals surface area (Å²) in [5, 5.41) is 10.6. The Kier molecular flexibility index (Phi) is 5.78. The molecule has 1 heterocycles. The van der Waals surface area contributed by atoms with Crippen LogP contribution in [0.1, 0.15) is 105 Å². The molecule has 6 aliphatic rings. The van der Waals surface area contributed by atoms with E-state index in [4.69, 9.17) is 4.74 Å². The summed E-state index contributed by atoms with van der Waals surface area (Å²) in [4.78, 5) is 15.3. The van der Waals surface area contributed by atoms with Crippen LogP contribution in [0.25, 0.3) is 0 Å². The standard InChI is InChI=1S/C31H51NO3/c1-6-30(34)13-15-32(16-14-30)27(33)17-20(2)23-7-8-24-22-18-26(35-5)31-19-21(31)9-12-29(31,4)25(22)10-11-28(23,24)3/h20-26,34H,6-19H2,1-5H3/t20?,21-,22+,23-,24+,25+,26?,28-,29-,31+/m1/s1. The molecule has 35 heavy (non-hydrogen) atoms. The summed E-state index contributed by atoms with van der Waals surface area (Å²) >= 11 is 0. The number of nitrogens with zero attached hydrogens (tertiary/aromatic N) is 1. The van der Waals surface area contributed by atoms with Gasteiger partial charge in [0.25, 0.3) is 0 Å². The number of methoxy groups -OCH3 is 1. The van der Waals surface area contributed by atoms with Gasteiger partial charge in [0.15, 0.2) is 0 Å². The zero-order valence-electron chi connectivity index (χ0n) is 23.2.